The third-order valence-electron chi connectivity index (χ3n) is 2.22. The zero-order chi connectivity index (χ0) is 9.03. The fraction of sp³-hybridized carbons (Fsp3) is 1.00. The molecule has 0 aromatic heterocycles. The summed E-state index contributed by atoms with van der Waals surface area (Å²) in [6.45, 7) is 5.14. The Morgan fingerprint density at radius 3 is 2.92 bits per heavy atom. The molecule has 1 atom stereocenters. The first-order chi connectivity index (χ1) is 5.64. The summed E-state index contributed by atoms with van der Waals surface area (Å²) in [7, 11) is 0. The lowest BCUT2D eigenvalue weighted by Gasteiger charge is -2.35. The molecule has 12 heavy (non-hydrogen) atoms. The second kappa shape index (κ2) is 4.19. The monoisotopic (exact) mass is 175 g/mol. The number of halogens is 1. The lowest BCUT2D eigenvalue weighted by molar-refractivity contribution is -0.0628. The Morgan fingerprint density at radius 1 is 1.58 bits per heavy atom. The van der Waals surface area contributed by atoms with Crippen molar-refractivity contribution in [2.45, 2.75) is 38.3 Å². The van der Waals surface area contributed by atoms with E-state index in [1.807, 2.05) is 0 Å². The van der Waals surface area contributed by atoms with Gasteiger partial charge in [-0.05, 0) is 26.7 Å². The first kappa shape index (κ1) is 9.93. The smallest absolute Gasteiger partial charge is 0.102 e. The summed E-state index contributed by atoms with van der Waals surface area (Å²) in [6, 6.07) is 0.435. The van der Waals surface area contributed by atoms with E-state index < -0.39 is 0 Å². The molecule has 0 saturated carbocycles. The predicted octanol–water partition coefficient (Wildman–Crippen LogP) is 1.50. The largest absolute Gasteiger partial charge is 0.375 e. The van der Waals surface area contributed by atoms with Gasteiger partial charge in [-0.2, -0.15) is 0 Å². The predicted molar refractivity (Wildman–Crippen MR) is 47.0 cm³/mol. The topological polar surface area (TPSA) is 21.3 Å². The fourth-order valence-corrected chi connectivity index (χ4v) is 1.66. The van der Waals surface area contributed by atoms with Crippen molar-refractivity contribution in [2.24, 2.45) is 0 Å². The normalized spacial score (nSPS) is 28.8. The van der Waals surface area contributed by atoms with Gasteiger partial charge in [0, 0.05) is 19.2 Å². The summed E-state index contributed by atoms with van der Waals surface area (Å²) in [5.74, 6) is 0. The molecule has 1 unspecified atom stereocenters. The van der Waals surface area contributed by atoms with Crippen LogP contribution in [0.5, 0.6) is 0 Å². The summed E-state index contributed by atoms with van der Waals surface area (Å²) in [5.41, 5.74) is -0.0355. The minimum atomic E-state index is -0.280. The Labute approximate surface area is 73.5 Å². The van der Waals surface area contributed by atoms with E-state index in [1.54, 1.807) is 0 Å². The number of rotatable bonds is 3. The second-order valence-corrected chi connectivity index (χ2v) is 3.94. The zero-order valence-corrected chi connectivity index (χ0v) is 7.90. The van der Waals surface area contributed by atoms with Crippen LogP contribution in [0.2, 0.25) is 0 Å². The summed E-state index contributed by atoms with van der Waals surface area (Å²) in [4.78, 5) is 0. The van der Waals surface area contributed by atoms with Gasteiger partial charge in [-0.3, -0.25) is 0 Å². The third-order valence-corrected chi connectivity index (χ3v) is 2.22. The second-order valence-electron chi connectivity index (χ2n) is 3.94. The molecular formula is C9H18FNO. The maximum atomic E-state index is 11.8. The van der Waals surface area contributed by atoms with Crippen molar-refractivity contribution < 1.29 is 9.13 Å². The third kappa shape index (κ3) is 3.07. The van der Waals surface area contributed by atoms with Crippen LogP contribution in [-0.4, -0.2) is 31.5 Å². The molecule has 1 rings (SSSR count). The van der Waals surface area contributed by atoms with Gasteiger partial charge in [-0.1, -0.05) is 0 Å². The molecule has 1 aliphatic rings. The molecule has 1 aliphatic heterocycles. The van der Waals surface area contributed by atoms with Crippen LogP contribution in [0.25, 0.3) is 0 Å². The van der Waals surface area contributed by atoms with Gasteiger partial charge in [0.05, 0.1) is 5.60 Å². The van der Waals surface area contributed by atoms with Gasteiger partial charge >= 0.3 is 0 Å². The Balaban J connectivity index is 2.26. The van der Waals surface area contributed by atoms with Crippen molar-refractivity contribution in [3.8, 4) is 0 Å². The molecule has 72 valence electrons. The molecule has 0 bridgehead atoms. The van der Waals surface area contributed by atoms with Crippen LogP contribution >= 0.6 is 0 Å². The van der Waals surface area contributed by atoms with Crippen molar-refractivity contribution in [1.82, 2.24) is 5.32 Å². The van der Waals surface area contributed by atoms with E-state index >= 15 is 0 Å². The highest BCUT2D eigenvalue weighted by Crippen LogP contribution is 2.23. The highest BCUT2D eigenvalue weighted by Gasteiger charge is 2.28. The zero-order valence-electron chi connectivity index (χ0n) is 7.90. The van der Waals surface area contributed by atoms with Crippen molar-refractivity contribution in [3.63, 3.8) is 0 Å². The Bertz CT molecular complexity index is 138. The van der Waals surface area contributed by atoms with Gasteiger partial charge in [0.25, 0.3) is 0 Å². The lowest BCUT2D eigenvalue weighted by atomic mass is 9.94. The Hall–Kier alpha value is -0.150. The van der Waals surface area contributed by atoms with Crippen LogP contribution in [0.1, 0.15) is 26.7 Å². The molecule has 3 heteroatoms. The van der Waals surface area contributed by atoms with Gasteiger partial charge in [0.2, 0.25) is 0 Å². The average molecular weight is 175 g/mol. The van der Waals surface area contributed by atoms with E-state index in [2.05, 4.69) is 19.2 Å². The van der Waals surface area contributed by atoms with Crippen LogP contribution in [0.15, 0.2) is 0 Å². The standard InChI is InChI=1S/C9H18FNO/c1-9(2)7-8(3-6-12-9)11-5-4-10/h8,11H,3-7H2,1-2H3. The molecule has 1 fully saturated rings. The van der Waals surface area contributed by atoms with Crippen LogP contribution in [0.3, 0.4) is 0 Å². The van der Waals surface area contributed by atoms with Crippen LogP contribution in [0, 0.1) is 0 Å². The van der Waals surface area contributed by atoms with Crippen molar-refractivity contribution >= 4 is 0 Å². The first-order valence-electron chi connectivity index (χ1n) is 4.57. The fourth-order valence-electron chi connectivity index (χ4n) is 1.66. The van der Waals surface area contributed by atoms with Crippen molar-refractivity contribution in [1.29, 1.82) is 0 Å². The molecule has 1 saturated heterocycles. The molecule has 0 aromatic carbocycles. The Kier molecular flexibility index (Phi) is 3.47. The van der Waals surface area contributed by atoms with E-state index in [0.29, 0.717) is 12.6 Å². The summed E-state index contributed by atoms with van der Waals surface area (Å²) >= 11 is 0. The average Bonchev–Trinajstić information content (AvgIpc) is 1.99. The van der Waals surface area contributed by atoms with Crippen LogP contribution in [-0.2, 0) is 4.74 Å². The van der Waals surface area contributed by atoms with E-state index in [0.717, 1.165) is 19.4 Å². The minimum Gasteiger partial charge on any atom is -0.375 e. The van der Waals surface area contributed by atoms with Crippen LogP contribution in [0.4, 0.5) is 4.39 Å². The number of hydrogen-bond donors (Lipinski definition) is 1. The van der Waals surface area contributed by atoms with E-state index in [9.17, 15) is 4.39 Å². The number of hydrogen-bond acceptors (Lipinski definition) is 2. The number of nitrogens with one attached hydrogen (secondary N) is 1. The van der Waals surface area contributed by atoms with Gasteiger partial charge in [0.15, 0.2) is 0 Å². The summed E-state index contributed by atoms with van der Waals surface area (Å²) in [5, 5.41) is 3.17. The SMILES string of the molecule is CC1(C)CC(NCCF)CCO1. The van der Waals surface area contributed by atoms with Crippen LogP contribution < -0.4 is 5.32 Å². The van der Waals surface area contributed by atoms with Gasteiger partial charge in [0.1, 0.15) is 6.67 Å². The first-order valence-corrected chi connectivity index (χ1v) is 4.57. The lowest BCUT2D eigenvalue weighted by Crippen LogP contribution is -2.44. The van der Waals surface area contributed by atoms with Gasteiger partial charge in [-0.25, -0.2) is 4.39 Å². The molecule has 2 nitrogen and oxygen atoms in total. The van der Waals surface area contributed by atoms with E-state index in [4.69, 9.17) is 4.74 Å². The van der Waals surface area contributed by atoms with E-state index in [-0.39, 0.29) is 12.3 Å². The minimum absolute atomic E-state index is 0.0355. The number of alkyl halides is 1. The molecule has 0 spiro atoms. The summed E-state index contributed by atoms with van der Waals surface area (Å²) < 4.78 is 17.4. The molecule has 0 aromatic rings. The summed E-state index contributed by atoms with van der Waals surface area (Å²) in [6.07, 6.45) is 1.98. The molecule has 0 amide bonds. The number of ether oxygens (including phenoxy) is 1. The molecule has 1 N–H and O–H groups in total. The quantitative estimate of drug-likeness (QED) is 0.702. The van der Waals surface area contributed by atoms with E-state index in [1.165, 1.54) is 0 Å². The highest BCUT2D eigenvalue weighted by atomic mass is 19.1. The maximum Gasteiger partial charge on any atom is 0.102 e. The molecule has 0 radical (unpaired) electrons. The maximum absolute atomic E-state index is 11.8. The van der Waals surface area contributed by atoms with Crippen molar-refractivity contribution in [3.05, 3.63) is 0 Å². The highest BCUT2D eigenvalue weighted by molar-refractivity contribution is 4.82. The molecule has 1 heterocycles. The molecular weight excluding hydrogens is 157 g/mol. The Morgan fingerprint density at radius 2 is 2.33 bits per heavy atom. The molecule has 0 aliphatic carbocycles. The van der Waals surface area contributed by atoms with Gasteiger partial charge < -0.3 is 10.1 Å². The van der Waals surface area contributed by atoms with Gasteiger partial charge in [-0.15, -0.1) is 0 Å². The van der Waals surface area contributed by atoms with Crippen molar-refractivity contribution in [2.75, 3.05) is 19.8 Å².